The number of anilines is 2. The van der Waals surface area contributed by atoms with E-state index in [0.29, 0.717) is 5.69 Å². The van der Waals surface area contributed by atoms with E-state index in [1.165, 1.54) is 12.1 Å². The van der Waals surface area contributed by atoms with Gasteiger partial charge in [0, 0.05) is 10.8 Å². The zero-order chi connectivity index (χ0) is 24.0. The molecule has 1 heterocycles. The minimum absolute atomic E-state index is 0.124. The van der Waals surface area contributed by atoms with Gasteiger partial charge >= 0.3 is 0 Å². The van der Waals surface area contributed by atoms with Crippen LogP contribution in [0.5, 0.6) is 0 Å². The van der Waals surface area contributed by atoms with Gasteiger partial charge < -0.3 is 11.5 Å². The zero-order valence-corrected chi connectivity index (χ0v) is 18.5. The number of nitrogens with zero attached hydrogens (tertiary/aromatic N) is 1. The molecule has 33 heavy (non-hydrogen) atoms. The largest absolute Gasteiger partial charge is 0.397 e. The van der Waals surface area contributed by atoms with Crippen LogP contribution in [0.3, 0.4) is 0 Å². The first-order valence-corrected chi connectivity index (χ1v) is 10.5. The van der Waals surface area contributed by atoms with Gasteiger partial charge in [-0.1, -0.05) is 63.2 Å². The summed E-state index contributed by atoms with van der Waals surface area (Å²) in [5.41, 5.74) is 9.99. The van der Waals surface area contributed by atoms with Crippen molar-refractivity contribution in [3.63, 3.8) is 0 Å². The van der Waals surface area contributed by atoms with Crippen molar-refractivity contribution < 1.29 is 0 Å². The van der Waals surface area contributed by atoms with E-state index in [4.69, 9.17) is 11.5 Å². The van der Waals surface area contributed by atoms with E-state index in [0.717, 1.165) is 10.5 Å². The van der Waals surface area contributed by atoms with Gasteiger partial charge in [-0.25, -0.2) is 4.57 Å². The van der Waals surface area contributed by atoms with Crippen molar-refractivity contribution in [1.82, 2.24) is 4.57 Å². The SMILES string of the molecule is CC(C)C.Nc1c2c(=O)c3ccccc3c(=O)c2c(N)c2c(=O)n(-c3ccccc3)c(=O)c12. The third kappa shape index (κ3) is 3.29. The summed E-state index contributed by atoms with van der Waals surface area (Å²) in [7, 11) is 0. The maximum atomic E-state index is 13.1. The van der Waals surface area contributed by atoms with Crippen molar-refractivity contribution >= 4 is 43.7 Å². The summed E-state index contributed by atoms with van der Waals surface area (Å²) in [6.07, 6.45) is 0. The summed E-state index contributed by atoms with van der Waals surface area (Å²) in [6, 6.07) is 14.6. The number of rotatable bonds is 1. The van der Waals surface area contributed by atoms with Crippen molar-refractivity contribution in [2.45, 2.75) is 20.8 Å². The number of fused-ring (bicyclic) bond motifs is 3. The topological polar surface area (TPSA) is 125 Å². The average Bonchev–Trinajstić information content (AvgIpc) is 3.05. The molecule has 1 aromatic heterocycles. The molecule has 0 fully saturated rings. The first kappa shape index (κ1) is 22.0. The molecule has 0 saturated heterocycles. The fourth-order valence-corrected chi connectivity index (χ4v) is 3.98. The molecule has 0 amide bonds. The second-order valence-electron chi connectivity index (χ2n) is 8.54. The molecule has 0 aliphatic rings. The van der Waals surface area contributed by atoms with Gasteiger partial charge in [0.15, 0.2) is 10.9 Å². The Balaban J connectivity index is 0.000000601. The summed E-state index contributed by atoms with van der Waals surface area (Å²) < 4.78 is 0.949. The molecule has 7 heteroatoms. The first-order valence-electron chi connectivity index (χ1n) is 10.5. The standard InChI is InChI=1S/C22H13N3O4.C4H10/c23-17-13-14(20(27)12-9-5-4-8-11(12)19(13)26)18(24)16-15(17)21(28)25(22(16)29)10-6-2-1-3-7-10;1-4(2)3/h1-9H,23-24H2;4H,1-3H3. The van der Waals surface area contributed by atoms with Gasteiger partial charge in [0.05, 0.1) is 38.6 Å². The Kier molecular flexibility index (Phi) is 5.33. The highest BCUT2D eigenvalue weighted by molar-refractivity contribution is 6.20. The fourth-order valence-electron chi connectivity index (χ4n) is 3.98. The molecule has 0 aliphatic heterocycles. The highest BCUT2D eigenvalue weighted by atomic mass is 16.2. The van der Waals surface area contributed by atoms with Crippen LogP contribution < -0.4 is 33.4 Å². The fraction of sp³-hybridized carbons (Fsp3) is 0.154. The number of aromatic nitrogens is 1. The number of para-hydroxylation sites is 1. The van der Waals surface area contributed by atoms with Crippen LogP contribution in [0.4, 0.5) is 11.4 Å². The number of hydrogen-bond acceptors (Lipinski definition) is 6. The normalized spacial score (nSPS) is 11.3. The maximum absolute atomic E-state index is 13.1. The number of nitrogen functional groups attached to an aromatic ring is 2. The Morgan fingerprint density at radius 2 is 0.970 bits per heavy atom. The molecule has 0 spiro atoms. The molecule has 0 saturated carbocycles. The van der Waals surface area contributed by atoms with E-state index in [-0.39, 0.29) is 43.7 Å². The van der Waals surface area contributed by atoms with Crippen LogP contribution in [0.1, 0.15) is 20.8 Å². The van der Waals surface area contributed by atoms with Crippen LogP contribution >= 0.6 is 0 Å². The quantitative estimate of drug-likeness (QED) is 0.234. The Labute approximate surface area is 188 Å². The number of benzene rings is 4. The van der Waals surface area contributed by atoms with Crippen molar-refractivity contribution in [3.8, 4) is 5.69 Å². The van der Waals surface area contributed by atoms with Gasteiger partial charge in [0.25, 0.3) is 11.1 Å². The summed E-state index contributed by atoms with van der Waals surface area (Å²) in [4.78, 5) is 52.3. The Hall–Kier alpha value is -4.26. The summed E-state index contributed by atoms with van der Waals surface area (Å²) in [5, 5.41) is -0.159. The summed E-state index contributed by atoms with van der Waals surface area (Å²) in [5.74, 6) is 0.833. The molecule has 0 aliphatic carbocycles. The third-order valence-corrected chi connectivity index (χ3v) is 5.30. The van der Waals surface area contributed by atoms with E-state index in [9.17, 15) is 19.2 Å². The lowest BCUT2D eigenvalue weighted by Gasteiger charge is -2.07. The van der Waals surface area contributed by atoms with Gasteiger partial charge in [0.1, 0.15) is 0 Å². The van der Waals surface area contributed by atoms with E-state index in [1.807, 2.05) is 0 Å². The van der Waals surface area contributed by atoms with E-state index in [1.54, 1.807) is 42.5 Å². The van der Waals surface area contributed by atoms with E-state index in [2.05, 4.69) is 20.8 Å². The second kappa shape index (κ2) is 8.02. The van der Waals surface area contributed by atoms with Crippen LogP contribution in [0, 0.1) is 5.92 Å². The Morgan fingerprint density at radius 3 is 1.36 bits per heavy atom. The molecule has 0 radical (unpaired) electrons. The highest BCUT2D eigenvalue weighted by Crippen LogP contribution is 2.31. The molecular formula is C26H23N3O4. The lowest BCUT2D eigenvalue weighted by molar-refractivity contribution is 0.737. The average molecular weight is 441 g/mol. The minimum atomic E-state index is -0.678. The first-order chi connectivity index (χ1) is 15.7. The lowest BCUT2D eigenvalue weighted by atomic mass is 9.97. The predicted molar refractivity (Wildman–Crippen MR) is 135 cm³/mol. The highest BCUT2D eigenvalue weighted by Gasteiger charge is 2.25. The van der Waals surface area contributed by atoms with Crippen molar-refractivity contribution in [3.05, 3.63) is 95.8 Å². The monoisotopic (exact) mass is 441 g/mol. The van der Waals surface area contributed by atoms with E-state index < -0.39 is 22.0 Å². The van der Waals surface area contributed by atoms with Gasteiger partial charge in [0.2, 0.25) is 0 Å². The molecule has 0 bridgehead atoms. The smallest absolute Gasteiger partial charge is 0.268 e. The van der Waals surface area contributed by atoms with Gasteiger partial charge in [-0.15, -0.1) is 0 Å². The van der Waals surface area contributed by atoms with E-state index >= 15 is 0 Å². The van der Waals surface area contributed by atoms with Crippen LogP contribution in [-0.4, -0.2) is 4.57 Å². The van der Waals surface area contributed by atoms with Crippen molar-refractivity contribution in [1.29, 1.82) is 0 Å². The van der Waals surface area contributed by atoms with Crippen LogP contribution in [0.2, 0.25) is 0 Å². The van der Waals surface area contributed by atoms with Gasteiger partial charge in [-0.2, -0.15) is 0 Å². The molecule has 5 aromatic rings. The third-order valence-electron chi connectivity index (χ3n) is 5.30. The maximum Gasteiger partial charge on any atom is 0.268 e. The molecule has 7 nitrogen and oxygen atoms in total. The predicted octanol–water partition coefficient (Wildman–Crippen LogP) is 3.08. The van der Waals surface area contributed by atoms with Gasteiger partial charge in [-0.05, 0) is 18.1 Å². The zero-order valence-electron chi connectivity index (χ0n) is 18.5. The van der Waals surface area contributed by atoms with Crippen LogP contribution in [0.15, 0.2) is 73.8 Å². The summed E-state index contributed by atoms with van der Waals surface area (Å²) in [6.45, 7) is 6.50. The molecule has 4 aromatic carbocycles. The molecule has 4 N–H and O–H groups in total. The molecular weight excluding hydrogens is 418 g/mol. The summed E-state index contributed by atoms with van der Waals surface area (Å²) >= 11 is 0. The van der Waals surface area contributed by atoms with Gasteiger partial charge in [-0.3, -0.25) is 19.2 Å². The second-order valence-corrected chi connectivity index (χ2v) is 8.54. The molecule has 166 valence electrons. The minimum Gasteiger partial charge on any atom is -0.397 e. The number of hydrogen-bond donors (Lipinski definition) is 2. The Bertz CT molecular complexity index is 1630. The lowest BCUT2D eigenvalue weighted by Crippen LogP contribution is -2.23. The molecule has 0 atom stereocenters. The molecule has 0 unspecified atom stereocenters. The Morgan fingerprint density at radius 1 is 0.606 bits per heavy atom. The van der Waals surface area contributed by atoms with Crippen LogP contribution in [0.25, 0.3) is 38.0 Å². The number of nitrogens with two attached hydrogens (primary N) is 2. The van der Waals surface area contributed by atoms with Crippen LogP contribution in [-0.2, 0) is 0 Å². The molecule has 5 rings (SSSR count). The van der Waals surface area contributed by atoms with Crippen molar-refractivity contribution in [2.75, 3.05) is 11.5 Å². The van der Waals surface area contributed by atoms with Crippen molar-refractivity contribution in [2.24, 2.45) is 5.92 Å².